The Morgan fingerprint density at radius 1 is 1.24 bits per heavy atom. The first-order valence-corrected chi connectivity index (χ1v) is 13.4. The summed E-state index contributed by atoms with van der Waals surface area (Å²) in [5.41, 5.74) is 2.13. The number of rotatable bonds is 7. The Balaban J connectivity index is 1.42. The molecule has 2 heterocycles. The van der Waals surface area contributed by atoms with E-state index >= 15 is 0 Å². The molecule has 2 aliphatic rings. The Bertz CT molecular complexity index is 1140. The number of benzene rings is 1. The Hall–Kier alpha value is -3.06. The summed E-state index contributed by atoms with van der Waals surface area (Å²) in [6.07, 6.45) is 3.37. The molecule has 1 N–H and O–H groups in total. The highest BCUT2D eigenvalue weighted by atomic mass is 32.1. The largest absolute Gasteiger partial charge is 0.465 e. The summed E-state index contributed by atoms with van der Waals surface area (Å²) in [4.78, 5) is 27.7. The molecule has 198 valence electrons. The maximum Gasteiger partial charge on any atom is 0.408 e. The molecule has 9 heteroatoms. The van der Waals surface area contributed by atoms with E-state index in [1.54, 1.807) is 0 Å². The Morgan fingerprint density at radius 2 is 2.00 bits per heavy atom. The summed E-state index contributed by atoms with van der Waals surface area (Å²) in [5, 5.41) is 3.67. The van der Waals surface area contributed by atoms with E-state index in [0.29, 0.717) is 29.9 Å². The molecule has 0 atom stereocenters. The van der Waals surface area contributed by atoms with Crippen LogP contribution in [0.5, 0.6) is 0 Å². The fourth-order valence-corrected chi connectivity index (χ4v) is 6.26. The molecule has 4 rings (SSSR count). The first-order chi connectivity index (χ1) is 18.0. The number of carbonyl (C=O) groups is 2. The van der Waals surface area contributed by atoms with E-state index in [2.05, 4.69) is 29.0 Å². The van der Waals surface area contributed by atoms with Gasteiger partial charge in [-0.2, -0.15) is 0 Å². The van der Waals surface area contributed by atoms with E-state index in [9.17, 15) is 9.59 Å². The topological polar surface area (TPSA) is 86.3 Å². The average molecular weight is 527 g/mol. The number of amides is 1. The van der Waals surface area contributed by atoms with Crippen LogP contribution in [-0.2, 0) is 25.6 Å². The summed E-state index contributed by atoms with van der Waals surface area (Å²) >= 11 is 1.50. The summed E-state index contributed by atoms with van der Waals surface area (Å²) in [6, 6.07) is 9.82. The molecule has 1 aromatic heterocycles. The van der Waals surface area contributed by atoms with Gasteiger partial charge in [-0.3, -0.25) is 0 Å². The van der Waals surface area contributed by atoms with Crippen molar-refractivity contribution in [3.8, 4) is 11.8 Å². The van der Waals surface area contributed by atoms with Crippen LogP contribution in [0.25, 0.3) is 0 Å². The minimum absolute atomic E-state index is 0.102. The van der Waals surface area contributed by atoms with E-state index in [1.807, 2.05) is 37.3 Å². The van der Waals surface area contributed by atoms with Crippen molar-refractivity contribution in [1.82, 2.24) is 5.32 Å². The summed E-state index contributed by atoms with van der Waals surface area (Å²) in [7, 11) is 1.38. The van der Waals surface area contributed by atoms with Crippen molar-refractivity contribution in [3.05, 3.63) is 51.9 Å². The minimum Gasteiger partial charge on any atom is -0.465 e. The molecular weight excluding hydrogens is 492 g/mol. The van der Waals surface area contributed by atoms with Gasteiger partial charge in [-0.25, -0.2) is 9.59 Å². The molecule has 1 amide bonds. The van der Waals surface area contributed by atoms with Crippen molar-refractivity contribution in [2.24, 2.45) is 0 Å². The molecule has 1 aliphatic carbocycles. The first kappa shape index (κ1) is 27.0. The fourth-order valence-electron chi connectivity index (χ4n) is 4.96. The van der Waals surface area contributed by atoms with Gasteiger partial charge in [-0.1, -0.05) is 42.2 Å². The van der Waals surface area contributed by atoms with E-state index in [4.69, 9.17) is 18.9 Å². The molecule has 2 aromatic rings. The monoisotopic (exact) mass is 526 g/mol. The third-order valence-corrected chi connectivity index (χ3v) is 8.21. The highest BCUT2D eigenvalue weighted by Crippen LogP contribution is 2.42. The molecule has 1 aromatic carbocycles. The molecule has 37 heavy (non-hydrogen) atoms. The minimum atomic E-state index is -0.543. The lowest BCUT2D eigenvalue weighted by atomic mass is 9.82. The van der Waals surface area contributed by atoms with Crippen LogP contribution in [0, 0.1) is 18.8 Å². The smallest absolute Gasteiger partial charge is 0.408 e. The van der Waals surface area contributed by atoms with Gasteiger partial charge in [-0.05, 0) is 50.7 Å². The van der Waals surface area contributed by atoms with Crippen molar-refractivity contribution in [2.45, 2.75) is 57.8 Å². The van der Waals surface area contributed by atoms with Gasteiger partial charge in [0.05, 0.1) is 41.3 Å². The number of anilines is 1. The number of ether oxygens (including phenoxy) is 4. The van der Waals surface area contributed by atoms with Crippen molar-refractivity contribution in [1.29, 1.82) is 0 Å². The zero-order valence-corrected chi connectivity index (χ0v) is 22.4. The highest BCUT2D eigenvalue weighted by molar-refractivity contribution is 7.17. The number of hydrogen-bond acceptors (Lipinski definition) is 8. The molecule has 2 fully saturated rings. The zero-order chi connectivity index (χ0) is 26.3. The highest BCUT2D eigenvalue weighted by Gasteiger charge is 2.41. The van der Waals surface area contributed by atoms with Gasteiger partial charge in [0.2, 0.25) is 0 Å². The van der Waals surface area contributed by atoms with E-state index in [-0.39, 0.29) is 18.8 Å². The number of alkyl carbamates (subject to hydrolysis) is 1. The van der Waals surface area contributed by atoms with Crippen LogP contribution in [-0.4, -0.2) is 57.3 Å². The van der Waals surface area contributed by atoms with Crippen LogP contribution < -0.4 is 10.2 Å². The van der Waals surface area contributed by atoms with Gasteiger partial charge >= 0.3 is 12.1 Å². The standard InChI is InChI=1S/C28H34N2O6S/c1-4-30(22-12-14-28(15-13-22)18-34-19-36-28)25-20(2)24(26(31)33-3)23(37-25)11-8-16-29-27(32)35-17-21-9-6-5-7-10-21/h5-7,9-10,22H,4,12-19H2,1-3H3,(H,29,32). The fraction of sp³-hybridized carbons (Fsp3) is 0.500. The van der Waals surface area contributed by atoms with E-state index < -0.39 is 12.1 Å². The van der Waals surface area contributed by atoms with Crippen LogP contribution in [0.2, 0.25) is 0 Å². The average Bonchev–Trinajstić information content (AvgIpc) is 3.51. The molecule has 0 radical (unpaired) electrons. The number of nitrogens with zero attached hydrogens (tertiary/aromatic N) is 1. The van der Waals surface area contributed by atoms with Crippen molar-refractivity contribution < 1.29 is 28.5 Å². The molecule has 0 bridgehead atoms. The quantitative estimate of drug-likeness (QED) is 0.416. The van der Waals surface area contributed by atoms with Crippen LogP contribution in [0.3, 0.4) is 0 Å². The van der Waals surface area contributed by atoms with E-state index in [1.165, 1.54) is 18.4 Å². The molecule has 1 spiro atoms. The normalized spacial score (nSPS) is 20.7. The summed E-state index contributed by atoms with van der Waals surface area (Å²) in [6.45, 7) is 6.24. The van der Waals surface area contributed by atoms with Crippen LogP contribution in [0.15, 0.2) is 30.3 Å². The van der Waals surface area contributed by atoms with Gasteiger partial charge in [0, 0.05) is 12.6 Å². The van der Waals surface area contributed by atoms with Gasteiger partial charge in [-0.15, -0.1) is 11.3 Å². The Labute approximate surface area is 222 Å². The Morgan fingerprint density at radius 3 is 2.65 bits per heavy atom. The third-order valence-electron chi connectivity index (χ3n) is 6.97. The van der Waals surface area contributed by atoms with Crippen LogP contribution in [0.1, 0.15) is 59.0 Å². The second kappa shape index (κ2) is 12.5. The first-order valence-electron chi connectivity index (χ1n) is 12.6. The lowest BCUT2D eigenvalue weighted by molar-refractivity contribution is -0.0322. The lowest BCUT2D eigenvalue weighted by Crippen LogP contribution is -2.44. The van der Waals surface area contributed by atoms with E-state index in [0.717, 1.165) is 48.4 Å². The molecular formula is C28H34N2O6S. The second-order valence-electron chi connectivity index (χ2n) is 9.26. The predicted molar refractivity (Wildman–Crippen MR) is 142 cm³/mol. The van der Waals surface area contributed by atoms with Crippen molar-refractivity contribution in [2.75, 3.05) is 38.5 Å². The van der Waals surface area contributed by atoms with Crippen LogP contribution >= 0.6 is 11.3 Å². The second-order valence-corrected chi connectivity index (χ2v) is 10.3. The van der Waals surface area contributed by atoms with Gasteiger partial charge in [0.1, 0.15) is 13.4 Å². The molecule has 1 aliphatic heterocycles. The maximum absolute atomic E-state index is 12.7. The SMILES string of the molecule is CCN(c1sc(C#CCNC(=O)OCc2ccccc2)c(C(=O)OC)c1C)C1CCC2(CC1)COCO2. The lowest BCUT2D eigenvalue weighted by Gasteiger charge is -2.40. The number of methoxy groups -OCH3 is 1. The molecule has 1 saturated carbocycles. The molecule has 8 nitrogen and oxygen atoms in total. The molecule has 1 saturated heterocycles. The number of esters is 1. The summed E-state index contributed by atoms with van der Waals surface area (Å²) < 4.78 is 21.7. The third kappa shape index (κ3) is 6.45. The van der Waals surface area contributed by atoms with Crippen LogP contribution in [0.4, 0.5) is 9.80 Å². The maximum atomic E-state index is 12.7. The van der Waals surface area contributed by atoms with Gasteiger partial charge in [0.25, 0.3) is 0 Å². The Kier molecular flexibility index (Phi) is 9.09. The summed E-state index contributed by atoms with van der Waals surface area (Å²) in [5.74, 6) is 5.62. The number of hydrogen-bond donors (Lipinski definition) is 1. The van der Waals surface area contributed by atoms with Crippen molar-refractivity contribution in [3.63, 3.8) is 0 Å². The molecule has 0 unspecified atom stereocenters. The van der Waals surface area contributed by atoms with Gasteiger partial charge in [0.15, 0.2) is 0 Å². The van der Waals surface area contributed by atoms with Gasteiger partial charge < -0.3 is 29.2 Å². The van der Waals surface area contributed by atoms with Crippen molar-refractivity contribution >= 4 is 28.4 Å². The predicted octanol–water partition coefficient (Wildman–Crippen LogP) is 4.63. The number of carbonyl (C=O) groups excluding carboxylic acids is 2. The number of thiophene rings is 1. The number of nitrogens with one attached hydrogen (secondary N) is 1. The zero-order valence-electron chi connectivity index (χ0n) is 21.6.